The van der Waals surface area contributed by atoms with Gasteiger partial charge in [0, 0.05) is 22.5 Å². The summed E-state index contributed by atoms with van der Waals surface area (Å²) in [6.07, 6.45) is -0.735. The van der Waals surface area contributed by atoms with Crippen LogP contribution in [0.4, 0.5) is 0 Å². The van der Waals surface area contributed by atoms with Crippen LogP contribution in [-0.2, 0) is 16.1 Å². The Labute approximate surface area is 142 Å². The predicted molar refractivity (Wildman–Crippen MR) is 88.9 cm³/mol. The lowest BCUT2D eigenvalue weighted by Gasteiger charge is -2.31. The highest BCUT2D eigenvalue weighted by atomic mass is 32.1. The molecule has 1 saturated heterocycles. The van der Waals surface area contributed by atoms with Gasteiger partial charge in [0.1, 0.15) is 12.4 Å². The molecule has 0 spiro atoms. The fraction of sp³-hybridized carbons (Fsp3) is 0.294. The summed E-state index contributed by atoms with van der Waals surface area (Å²) in [5.41, 5.74) is 7.31. The minimum atomic E-state index is -0.735. The molecule has 1 unspecified atom stereocenters. The van der Waals surface area contributed by atoms with E-state index in [1.54, 1.807) is 4.90 Å². The Morgan fingerprint density at radius 1 is 1.29 bits per heavy atom. The molecular formula is C17H16N2O4S. The first-order valence-electron chi connectivity index (χ1n) is 7.68. The van der Waals surface area contributed by atoms with Crippen molar-refractivity contribution in [2.45, 2.75) is 12.7 Å². The number of rotatable bonds is 2. The molecular weight excluding hydrogens is 328 g/mol. The van der Waals surface area contributed by atoms with Crippen molar-refractivity contribution in [2.75, 3.05) is 19.7 Å². The Bertz CT molecular complexity index is 817. The number of fused-ring (bicyclic) bond motifs is 3. The molecule has 4 rings (SSSR count). The fourth-order valence-corrected chi connectivity index (χ4v) is 4.13. The second-order valence-corrected chi connectivity index (χ2v) is 6.82. The van der Waals surface area contributed by atoms with Gasteiger partial charge in [-0.25, -0.2) is 0 Å². The summed E-state index contributed by atoms with van der Waals surface area (Å²) in [4.78, 5) is 27.4. The zero-order valence-electron chi connectivity index (χ0n) is 12.9. The Morgan fingerprint density at radius 2 is 2.12 bits per heavy atom. The number of benzene rings is 1. The van der Waals surface area contributed by atoms with Crippen LogP contribution in [0.15, 0.2) is 30.3 Å². The van der Waals surface area contributed by atoms with E-state index in [9.17, 15) is 9.59 Å². The molecule has 0 bridgehead atoms. The van der Waals surface area contributed by atoms with Crippen LogP contribution < -0.4 is 10.5 Å². The molecule has 2 amide bonds. The van der Waals surface area contributed by atoms with E-state index >= 15 is 0 Å². The number of para-hydroxylation sites is 1. The van der Waals surface area contributed by atoms with Crippen LogP contribution in [0, 0.1) is 0 Å². The Morgan fingerprint density at radius 3 is 2.96 bits per heavy atom. The quantitative estimate of drug-likeness (QED) is 0.898. The summed E-state index contributed by atoms with van der Waals surface area (Å²) in [7, 11) is 0. The standard InChI is InChI=1S/C17H16N2O4S/c18-16(20)13-8-19(5-6-22-13)17(21)14-7-10-9-23-12-4-2-1-3-11(12)15(10)24-14/h1-4,7,13H,5-6,8-9H2,(H2,18,20). The molecule has 1 atom stereocenters. The maximum absolute atomic E-state index is 12.8. The van der Waals surface area contributed by atoms with E-state index in [-0.39, 0.29) is 12.5 Å². The van der Waals surface area contributed by atoms with Gasteiger partial charge in [0.15, 0.2) is 6.10 Å². The molecule has 3 heterocycles. The van der Waals surface area contributed by atoms with Gasteiger partial charge in [0.2, 0.25) is 5.91 Å². The molecule has 0 aliphatic carbocycles. The Hall–Kier alpha value is -2.38. The van der Waals surface area contributed by atoms with E-state index in [2.05, 4.69) is 0 Å². The van der Waals surface area contributed by atoms with Crippen LogP contribution in [-0.4, -0.2) is 42.5 Å². The van der Waals surface area contributed by atoms with E-state index in [1.807, 2.05) is 30.3 Å². The molecule has 24 heavy (non-hydrogen) atoms. The van der Waals surface area contributed by atoms with Crippen molar-refractivity contribution in [1.29, 1.82) is 0 Å². The summed E-state index contributed by atoms with van der Waals surface area (Å²) in [6.45, 7) is 1.43. The highest BCUT2D eigenvalue weighted by molar-refractivity contribution is 7.17. The van der Waals surface area contributed by atoms with Gasteiger partial charge < -0.3 is 20.1 Å². The van der Waals surface area contributed by atoms with Crippen molar-refractivity contribution in [3.8, 4) is 16.2 Å². The Balaban J connectivity index is 1.61. The largest absolute Gasteiger partial charge is 0.488 e. The molecule has 0 radical (unpaired) electrons. The molecule has 6 nitrogen and oxygen atoms in total. The minimum Gasteiger partial charge on any atom is -0.488 e. The van der Waals surface area contributed by atoms with Crippen molar-refractivity contribution >= 4 is 23.2 Å². The van der Waals surface area contributed by atoms with Gasteiger partial charge in [-0.05, 0) is 18.2 Å². The molecule has 2 aliphatic rings. The molecule has 2 aromatic rings. The number of thiophene rings is 1. The van der Waals surface area contributed by atoms with Gasteiger partial charge in [-0.15, -0.1) is 11.3 Å². The maximum Gasteiger partial charge on any atom is 0.264 e. The average Bonchev–Trinajstić information content (AvgIpc) is 3.06. The first kappa shape index (κ1) is 15.2. The van der Waals surface area contributed by atoms with Crippen LogP contribution in [0.25, 0.3) is 10.4 Å². The zero-order valence-corrected chi connectivity index (χ0v) is 13.7. The van der Waals surface area contributed by atoms with Crippen molar-refractivity contribution < 1.29 is 19.1 Å². The molecule has 1 aromatic carbocycles. The third-order valence-electron chi connectivity index (χ3n) is 4.21. The average molecular weight is 344 g/mol. The number of carbonyl (C=O) groups is 2. The highest BCUT2D eigenvalue weighted by Gasteiger charge is 2.30. The third kappa shape index (κ3) is 2.55. The zero-order chi connectivity index (χ0) is 16.7. The number of hydrogen-bond donors (Lipinski definition) is 1. The molecule has 2 aliphatic heterocycles. The molecule has 2 N–H and O–H groups in total. The summed E-state index contributed by atoms with van der Waals surface area (Å²) in [6, 6.07) is 9.70. The number of nitrogens with two attached hydrogens (primary N) is 1. The fourth-order valence-electron chi connectivity index (χ4n) is 2.97. The third-order valence-corrected chi connectivity index (χ3v) is 5.40. The van der Waals surface area contributed by atoms with Gasteiger partial charge in [0.05, 0.1) is 18.0 Å². The smallest absolute Gasteiger partial charge is 0.264 e. The van der Waals surface area contributed by atoms with E-state index < -0.39 is 12.0 Å². The summed E-state index contributed by atoms with van der Waals surface area (Å²) < 4.78 is 11.0. The van der Waals surface area contributed by atoms with Crippen LogP contribution in [0.5, 0.6) is 5.75 Å². The highest BCUT2D eigenvalue weighted by Crippen LogP contribution is 2.42. The minimum absolute atomic E-state index is 0.0959. The molecule has 1 fully saturated rings. The summed E-state index contributed by atoms with van der Waals surface area (Å²) >= 11 is 1.46. The summed E-state index contributed by atoms with van der Waals surface area (Å²) in [5.74, 6) is 0.202. The van der Waals surface area contributed by atoms with Gasteiger partial charge in [0.25, 0.3) is 5.91 Å². The van der Waals surface area contributed by atoms with E-state index in [4.69, 9.17) is 15.2 Å². The number of ether oxygens (including phenoxy) is 2. The second-order valence-electron chi connectivity index (χ2n) is 5.76. The predicted octanol–water partition coefficient (Wildman–Crippen LogP) is 1.63. The summed E-state index contributed by atoms with van der Waals surface area (Å²) in [5, 5.41) is 0. The lowest BCUT2D eigenvalue weighted by Crippen LogP contribution is -2.50. The van der Waals surface area contributed by atoms with Gasteiger partial charge >= 0.3 is 0 Å². The van der Waals surface area contributed by atoms with Crippen LogP contribution in [0.1, 0.15) is 15.2 Å². The normalized spacial score (nSPS) is 19.2. The molecule has 0 saturated carbocycles. The molecule has 1 aromatic heterocycles. The van der Waals surface area contributed by atoms with Gasteiger partial charge in [-0.1, -0.05) is 12.1 Å². The van der Waals surface area contributed by atoms with Gasteiger partial charge in [-0.2, -0.15) is 0 Å². The first-order chi connectivity index (χ1) is 11.6. The van der Waals surface area contributed by atoms with E-state index in [0.29, 0.717) is 24.6 Å². The Kier molecular flexibility index (Phi) is 3.74. The maximum atomic E-state index is 12.8. The SMILES string of the molecule is NC(=O)C1CN(C(=O)c2cc3c(s2)-c2ccccc2OC3)CCO1. The van der Waals surface area contributed by atoms with Crippen molar-refractivity contribution in [3.05, 3.63) is 40.8 Å². The monoisotopic (exact) mass is 344 g/mol. The lowest BCUT2D eigenvalue weighted by atomic mass is 10.1. The molecule has 7 heteroatoms. The van der Waals surface area contributed by atoms with E-state index in [1.165, 1.54) is 11.3 Å². The second kappa shape index (κ2) is 5.92. The topological polar surface area (TPSA) is 81.9 Å². The number of primary amides is 1. The number of hydrogen-bond acceptors (Lipinski definition) is 5. The van der Waals surface area contributed by atoms with Crippen LogP contribution >= 0.6 is 11.3 Å². The lowest BCUT2D eigenvalue weighted by molar-refractivity contribution is -0.133. The number of amides is 2. The van der Waals surface area contributed by atoms with Crippen molar-refractivity contribution in [3.63, 3.8) is 0 Å². The number of morpholine rings is 1. The van der Waals surface area contributed by atoms with Gasteiger partial charge in [-0.3, -0.25) is 9.59 Å². The number of nitrogens with zero attached hydrogens (tertiary/aromatic N) is 1. The first-order valence-corrected chi connectivity index (χ1v) is 8.50. The molecule has 124 valence electrons. The van der Waals surface area contributed by atoms with E-state index in [0.717, 1.165) is 21.8 Å². The van der Waals surface area contributed by atoms with Crippen LogP contribution in [0.2, 0.25) is 0 Å². The van der Waals surface area contributed by atoms with Crippen LogP contribution in [0.3, 0.4) is 0 Å². The van der Waals surface area contributed by atoms with Crippen molar-refractivity contribution in [2.24, 2.45) is 5.73 Å². The number of carbonyl (C=O) groups excluding carboxylic acids is 2. The van der Waals surface area contributed by atoms with Crippen molar-refractivity contribution in [1.82, 2.24) is 4.90 Å².